The van der Waals surface area contributed by atoms with E-state index in [1.165, 1.54) is 11.0 Å². The molecule has 3 aromatic rings. The Hall–Kier alpha value is -3.12. The summed E-state index contributed by atoms with van der Waals surface area (Å²) in [6.45, 7) is 1.97. The molecule has 1 aliphatic rings. The van der Waals surface area contributed by atoms with Crippen molar-refractivity contribution in [3.63, 3.8) is 0 Å². The number of benzene rings is 2. The topological polar surface area (TPSA) is 64.6 Å². The molecular formula is C22H20ClN3O3. The van der Waals surface area contributed by atoms with Gasteiger partial charge in [-0.1, -0.05) is 48.0 Å². The van der Waals surface area contributed by atoms with E-state index in [9.17, 15) is 4.79 Å². The lowest BCUT2D eigenvalue weighted by molar-refractivity contribution is 0.207. The molecule has 7 heteroatoms. The molecule has 1 heterocycles. The highest BCUT2D eigenvalue weighted by molar-refractivity contribution is 6.29. The first-order valence-electron chi connectivity index (χ1n) is 9.34. The number of carbonyl (C=O) groups is 1. The fraction of sp³-hybridized carbons (Fsp3) is 0.227. The van der Waals surface area contributed by atoms with Crippen LogP contribution in [0.15, 0.2) is 54.6 Å². The number of hydrogen-bond donors (Lipinski definition) is 0. The second-order valence-electron chi connectivity index (χ2n) is 6.97. The summed E-state index contributed by atoms with van der Waals surface area (Å²) in [4.78, 5) is 14.0. The van der Waals surface area contributed by atoms with Gasteiger partial charge in [0.25, 0.3) is 5.88 Å². The minimum Gasteiger partial charge on any atom is -0.434 e. The summed E-state index contributed by atoms with van der Waals surface area (Å²) < 4.78 is 11.6. The van der Waals surface area contributed by atoms with Crippen LogP contribution in [0.2, 0.25) is 5.15 Å². The zero-order valence-corrected chi connectivity index (χ0v) is 16.9. The molecule has 1 aromatic heterocycles. The van der Waals surface area contributed by atoms with Crippen LogP contribution in [0.5, 0.6) is 17.4 Å². The van der Waals surface area contributed by atoms with Gasteiger partial charge in [-0.15, -0.1) is 10.2 Å². The van der Waals surface area contributed by atoms with Crippen LogP contribution < -0.4 is 14.4 Å². The SMILES string of the molecule is Cc1cccc(C2CC2)c1Oc1nnc(Cl)cc1OC(=O)N(C)c1ccccc1. The second kappa shape index (κ2) is 8.09. The molecule has 6 nitrogen and oxygen atoms in total. The maximum absolute atomic E-state index is 12.6. The van der Waals surface area contributed by atoms with Crippen molar-refractivity contribution >= 4 is 23.4 Å². The van der Waals surface area contributed by atoms with Crippen molar-refractivity contribution in [3.05, 3.63) is 70.9 Å². The van der Waals surface area contributed by atoms with Crippen molar-refractivity contribution in [2.45, 2.75) is 25.7 Å². The molecule has 0 atom stereocenters. The van der Waals surface area contributed by atoms with E-state index in [4.69, 9.17) is 21.1 Å². The lowest BCUT2D eigenvalue weighted by Crippen LogP contribution is -2.29. The number of aromatic nitrogens is 2. The molecule has 1 amide bonds. The quantitative estimate of drug-likeness (QED) is 0.537. The Morgan fingerprint density at radius 3 is 2.59 bits per heavy atom. The summed E-state index contributed by atoms with van der Waals surface area (Å²) in [5.41, 5.74) is 2.80. The Morgan fingerprint density at radius 2 is 1.86 bits per heavy atom. The molecule has 0 N–H and O–H groups in total. The second-order valence-corrected chi connectivity index (χ2v) is 7.36. The van der Waals surface area contributed by atoms with Crippen LogP contribution >= 0.6 is 11.6 Å². The number of carbonyl (C=O) groups excluding carboxylic acids is 1. The first-order chi connectivity index (χ1) is 14.0. The summed E-state index contributed by atoms with van der Waals surface area (Å²) in [5.74, 6) is 1.42. The molecule has 0 aliphatic heterocycles. The van der Waals surface area contributed by atoms with Gasteiger partial charge in [0.05, 0.1) is 0 Å². The van der Waals surface area contributed by atoms with Crippen LogP contribution in [-0.2, 0) is 0 Å². The molecule has 0 bridgehead atoms. The van der Waals surface area contributed by atoms with Gasteiger partial charge in [-0.3, -0.25) is 4.90 Å². The molecule has 1 saturated carbocycles. The third-order valence-electron chi connectivity index (χ3n) is 4.77. The largest absolute Gasteiger partial charge is 0.434 e. The normalized spacial score (nSPS) is 13.1. The highest BCUT2D eigenvalue weighted by Gasteiger charge is 2.28. The molecule has 2 aromatic carbocycles. The van der Waals surface area contributed by atoms with Crippen LogP contribution in [0.25, 0.3) is 0 Å². The average molecular weight is 410 g/mol. The van der Waals surface area contributed by atoms with E-state index in [-0.39, 0.29) is 16.8 Å². The van der Waals surface area contributed by atoms with Gasteiger partial charge in [0.2, 0.25) is 0 Å². The van der Waals surface area contributed by atoms with Gasteiger partial charge in [0.15, 0.2) is 10.9 Å². The van der Waals surface area contributed by atoms with Crippen molar-refractivity contribution in [2.24, 2.45) is 0 Å². The molecule has 148 valence electrons. The lowest BCUT2D eigenvalue weighted by Gasteiger charge is -2.18. The Bertz CT molecular complexity index is 1040. The number of para-hydroxylation sites is 2. The zero-order chi connectivity index (χ0) is 20.4. The first kappa shape index (κ1) is 19.2. The van der Waals surface area contributed by atoms with Gasteiger partial charge in [0.1, 0.15) is 5.75 Å². The summed E-state index contributed by atoms with van der Waals surface area (Å²) in [6.07, 6.45) is 1.68. The van der Waals surface area contributed by atoms with Crippen LogP contribution in [0.1, 0.15) is 29.9 Å². The molecular weight excluding hydrogens is 390 g/mol. The summed E-state index contributed by atoms with van der Waals surface area (Å²) in [7, 11) is 1.63. The van der Waals surface area contributed by atoms with Crippen molar-refractivity contribution in [1.82, 2.24) is 10.2 Å². The van der Waals surface area contributed by atoms with E-state index in [2.05, 4.69) is 16.3 Å². The number of rotatable bonds is 5. The number of aryl methyl sites for hydroxylation is 1. The third-order valence-corrected chi connectivity index (χ3v) is 4.95. The fourth-order valence-electron chi connectivity index (χ4n) is 3.03. The predicted octanol–water partition coefficient (Wildman–Crippen LogP) is 5.74. The van der Waals surface area contributed by atoms with Crippen LogP contribution in [-0.4, -0.2) is 23.3 Å². The number of anilines is 1. The molecule has 0 spiro atoms. The predicted molar refractivity (Wildman–Crippen MR) is 111 cm³/mol. The Kier molecular flexibility index (Phi) is 5.36. The summed E-state index contributed by atoms with van der Waals surface area (Å²) in [5, 5.41) is 7.98. The third kappa shape index (κ3) is 4.32. The fourth-order valence-corrected chi connectivity index (χ4v) is 3.17. The number of nitrogens with zero attached hydrogens (tertiary/aromatic N) is 3. The Balaban J connectivity index is 1.61. The van der Waals surface area contributed by atoms with E-state index < -0.39 is 6.09 Å². The molecule has 0 unspecified atom stereocenters. The molecule has 1 fully saturated rings. The summed E-state index contributed by atoms with van der Waals surface area (Å²) in [6, 6.07) is 16.6. The maximum Gasteiger partial charge on any atom is 0.419 e. The minimum atomic E-state index is -0.586. The highest BCUT2D eigenvalue weighted by atomic mass is 35.5. The van der Waals surface area contributed by atoms with Gasteiger partial charge in [-0.05, 0) is 48.9 Å². The average Bonchev–Trinajstić information content (AvgIpc) is 3.56. The van der Waals surface area contributed by atoms with Crippen molar-refractivity contribution < 1.29 is 14.3 Å². The van der Waals surface area contributed by atoms with Crippen LogP contribution in [0.3, 0.4) is 0 Å². The van der Waals surface area contributed by atoms with Crippen LogP contribution in [0.4, 0.5) is 10.5 Å². The van der Waals surface area contributed by atoms with Crippen molar-refractivity contribution in [3.8, 4) is 17.4 Å². The van der Waals surface area contributed by atoms with E-state index in [0.29, 0.717) is 11.6 Å². The van der Waals surface area contributed by atoms with E-state index in [1.807, 2.05) is 49.4 Å². The molecule has 1 aliphatic carbocycles. The van der Waals surface area contributed by atoms with E-state index >= 15 is 0 Å². The van der Waals surface area contributed by atoms with Gasteiger partial charge in [-0.2, -0.15) is 0 Å². The van der Waals surface area contributed by atoms with Gasteiger partial charge >= 0.3 is 6.09 Å². The summed E-state index contributed by atoms with van der Waals surface area (Å²) >= 11 is 5.99. The Labute approximate surface area is 174 Å². The van der Waals surface area contributed by atoms with Gasteiger partial charge in [-0.25, -0.2) is 4.79 Å². The molecule has 4 rings (SSSR count). The zero-order valence-electron chi connectivity index (χ0n) is 16.1. The van der Waals surface area contributed by atoms with Crippen molar-refractivity contribution in [2.75, 3.05) is 11.9 Å². The van der Waals surface area contributed by atoms with Gasteiger partial charge < -0.3 is 9.47 Å². The van der Waals surface area contributed by atoms with E-state index in [1.54, 1.807) is 7.05 Å². The minimum absolute atomic E-state index is 0.0976. The van der Waals surface area contributed by atoms with Gasteiger partial charge in [0, 0.05) is 18.8 Å². The first-order valence-corrected chi connectivity index (χ1v) is 9.72. The highest BCUT2D eigenvalue weighted by Crippen LogP contribution is 2.46. The number of amides is 1. The molecule has 0 saturated heterocycles. The number of halogens is 1. The number of ether oxygens (including phenoxy) is 2. The van der Waals surface area contributed by atoms with E-state index in [0.717, 1.165) is 29.7 Å². The van der Waals surface area contributed by atoms with Crippen LogP contribution in [0, 0.1) is 6.92 Å². The number of hydrogen-bond acceptors (Lipinski definition) is 5. The smallest absolute Gasteiger partial charge is 0.419 e. The van der Waals surface area contributed by atoms with Crippen molar-refractivity contribution in [1.29, 1.82) is 0 Å². The monoisotopic (exact) mass is 409 g/mol. The molecule has 29 heavy (non-hydrogen) atoms. The lowest BCUT2D eigenvalue weighted by atomic mass is 10.1. The maximum atomic E-state index is 12.6. The molecule has 0 radical (unpaired) electrons. The standard InChI is InChI=1S/C22H20ClN3O3/c1-14-7-6-10-17(15-11-12-15)20(14)29-21-18(13-19(23)24-25-21)28-22(27)26(2)16-8-4-3-5-9-16/h3-10,13,15H,11-12H2,1-2H3. The Morgan fingerprint density at radius 1 is 1.10 bits per heavy atom.